The van der Waals surface area contributed by atoms with Gasteiger partial charge in [0.2, 0.25) is 0 Å². The van der Waals surface area contributed by atoms with E-state index in [1.807, 2.05) is 0 Å². The minimum absolute atomic E-state index is 0.404. The van der Waals surface area contributed by atoms with Gasteiger partial charge in [0.25, 0.3) is 0 Å². The van der Waals surface area contributed by atoms with Gasteiger partial charge < -0.3 is 50.0 Å². The summed E-state index contributed by atoms with van der Waals surface area (Å²) < 4.78 is 16.1. The normalized spacial score (nSPS) is 50.0. The molecule has 10 atom stereocenters. The van der Waals surface area contributed by atoms with E-state index in [2.05, 4.69) is 0 Å². The van der Waals surface area contributed by atoms with Crippen molar-refractivity contribution in [3.05, 3.63) is 0 Å². The first-order valence-corrected chi connectivity index (χ1v) is 7.94. The van der Waals surface area contributed by atoms with Crippen molar-refractivity contribution in [2.24, 2.45) is 0 Å². The van der Waals surface area contributed by atoms with Crippen molar-refractivity contribution < 1.29 is 50.0 Å². The molecule has 2 rings (SSSR count). The molecule has 2 saturated heterocycles. The Labute approximate surface area is 138 Å². The van der Waals surface area contributed by atoms with Crippen molar-refractivity contribution in [2.75, 3.05) is 13.2 Å². The maximum Gasteiger partial charge on any atom is 0.187 e. The lowest BCUT2D eigenvalue weighted by Crippen LogP contribution is -2.64. The molecule has 7 N–H and O–H groups in total. The van der Waals surface area contributed by atoms with Crippen molar-refractivity contribution in [2.45, 2.75) is 74.6 Å². The first-order chi connectivity index (χ1) is 11.3. The molecule has 10 heteroatoms. The Hall–Kier alpha value is -0.400. The molecule has 2 fully saturated rings. The maximum absolute atomic E-state index is 10.2. The Morgan fingerprint density at radius 3 is 1.83 bits per heavy atom. The number of hydrogen-bond donors (Lipinski definition) is 7. The van der Waals surface area contributed by atoms with Crippen LogP contribution in [0.2, 0.25) is 0 Å². The summed E-state index contributed by atoms with van der Waals surface area (Å²) >= 11 is 0. The predicted octanol–water partition coefficient (Wildman–Crippen LogP) is -3.94. The Morgan fingerprint density at radius 2 is 1.29 bits per heavy atom. The average molecular weight is 354 g/mol. The zero-order chi connectivity index (χ0) is 18.0. The fourth-order valence-corrected chi connectivity index (χ4v) is 3.00. The zero-order valence-corrected chi connectivity index (χ0v) is 13.3. The number of aliphatic hydroxyl groups is 7. The van der Waals surface area contributed by atoms with E-state index < -0.39 is 74.4 Å². The molecule has 2 heterocycles. The highest BCUT2D eigenvalue weighted by molar-refractivity contribution is 4.95. The average Bonchev–Trinajstić information content (AvgIpc) is 2.59. The molecule has 0 aromatic rings. The molecule has 0 amide bonds. The largest absolute Gasteiger partial charge is 0.394 e. The third-order valence-electron chi connectivity index (χ3n) is 4.51. The molecule has 2 aliphatic rings. The van der Waals surface area contributed by atoms with Gasteiger partial charge in [0.05, 0.1) is 19.3 Å². The highest BCUT2D eigenvalue weighted by atomic mass is 16.7. The lowest BCUT2D eigenvalue weighted by atomic mass is 9.93. The van der Waals surface area contributed by atoms with Crippen LogP contribution in [0.3, 0.4) is 0 Å². The van der Waals surface area contributed by atoms with Crippen molar-refractivity contribution in [1.29, 1.82) is 0 Å². The minimum atomic E-state index is -1.66. The Bertz CT molecular complexity index is 392. The SMILES string of the molecule is CC[C@@H]1O[C@H](CO)C(O[C@@H]2O[C@H](CO)[C@@H](O)[C@H](O)[C@H]2O)[C@H](O)[C@H]1O. The highest BCUT2D eigenvalue weighted by Gasteiger charge is 2.49. The second-order valence-corrected chi connectivity index (χ2v) is 6.08. The topological polar surface area (TPSA) is 169 Å². The van der Waals surface area contributed by atoms with Gasteiger partial charge >= 0.3 is 0 Å². The van der Waals surface area contributed by atoms with Gasteiger partial charge in [-0.3, -0.25) is 0 Å². The molecule has 24 heavy (non-hydrogen) atoms. The van der Waals surface area contributed by atoms with Crippen LogP contribution in [0.15, 0.2) is 0 Å². The fraction of sp³-hybridized carbons (Fsp3) is 1.00. The second kappa shape index (κ2) is 8.32. The monoisotopic (exact) mass is 354 g/mol. The van der Waals surface area contributed by atoms with E-state index in [1.165, 1.54) is 0 Å². The second-order valence-electron chi connectivity index (χ2n) is 6.08. The predicted molar refractivity (Wildman–Crippen MR) is 76.7 cm³/mol. The molecular weight excluding hydrogens is 328 g/mol. The number of aliphatic hydroxyl groups excluding tert-OH is 7. The minimum Gasteiger partial charge on any atom is -0.394 e. The Morgan fingerprint density at radius 1 is 0.708 bits per heavy atom. The zero-order valence-electron chi connectivity index (χ0n) is 13.3. The van der Waals surface area contributed by atoms with E-state index in [0.717, 1.165) is 0 Å². The van der Waals surface area contributed by atoms with E-state index in [4.69, 9.17) is 19.3 Å². The molecule has 0 radical (unpaired) electrons. The van der Waals surface area contributed by atoms with Crippen molar-refractivity contribution in [1.82, 2.24) is 0 Å². The van der Waals surface area contributed by atoms with Gasteiger partial charge in [0.1, 0.15) is 48.8 Å². The Kier molecular flexibility index (Phi) is 6.90. The van der Waals surface area contributed by atoms with Crippen LogP contribution in [-0.2, 0) is 14.2 Å². The molecule has 0 saturated carbocycles. The van der Waals surface area contributed by atoms with Crippen LogP contribution in [0.4, 0.5) is 0 Å². The quantitative estimate of drug-likeness (QED) is 0.259. The van der Waals surface area contributed by atoms with Gasteiger partial charge in [-0.25, -0.2) is 0 Å². The van der Waals surface area contributed by atoms with Crippen molar-refractivity contribution >= 4 is 0 Å². The van der Waals surface area contributed by atoms with Crippen LogP contribution in [0.25, 0.3) is 0 Å². The summed E-state index contributed by atoms with van der Waals surface area (Å²) in [5, 5.41) is 68.3. The van der Waals surface area contributed by atoms with E-state index in [-0.39, 0.29) is 0 Å². The van der Waals surface area contributed by atoms with Gasteiger partial charge in [-0.2, -0.15) is 0 Å². The summed E-state index contributed by atoms with van der Waals surface area (Å²) in [6, 6.07) is 0. The summed E-state index contributed by atoms with van der Waals surface area (Å²) in [4.78, 5) is 0. The Balaban J connectivity index is 2.12. The van der Waals surface area contributed by atoms with Crippen LogP contribution in [0, 0.1) is 0 Å². The van der Waals surface area contributed by atoms with Gasteiger partial charge in [-0.05, 0) is 6.42 Å². The van der Waals surface area contributed by atoms with Crippen LogP contribution in [0.1, 0.15) is 13.3 Å². The smallest absolute Gasteiger partial charge is 0.187 e. The van der Waals surface area contributed by atoms with Crippen molar-refractivity contribution in [3.8, 4) is 0 Å². The molecule has 0 aliphatic carbocycles. The molecule has 0 aromatic heterocycles. The van der Waals surface area contributed by atoms with E-state index in [0.29, 0.717) is 6.42 Å². The highest BCUT2D eigenvalue weighted by Crippen LogP contribution is 2.29. The lowest BCUT2D eigenvalue weighted by Gasteiger charge is -2.46. The van der Waals surface area contributed by atoms with Gasteiger partial charge in [0.15, 0.2) is 6.29 Å². The van der Waals surface area contributed by atoms with Gasteiger partial charge in [-0.1, -0.05) is 6.92 Å². The van der Waals surface area contributed by atoms with Gasteiger partial charge in [-0.15, -0.1) is 0 Å². The van der Waals surface area contributed by atoms with E-state index >= 15 is 0 Å². The maximum atomic E-state index is 10.2. The molecular formula is C14H26O10. The standard InChI is InChI=1S/C14H26O10/c1-2-5-8(17)11(20)13(7(4-16)22-5)24-14-12(21)10(19)9(18)6(3-15)23-14/h5-21H,2-4H2,1H3/t5-,6+,7+,8-,9+,10-,11+,12+,13?,14-/m0/s1. The van der Waals surface area contributed by atoms with Crippen LogP contribution < -0.4 is 0 Å². The third kappa shape index (κ3) is 3.73. The summed E-state index contributed by atoms with van der Waals surface area (Å²) in [5.74, 6) is 0. The van der Waals surface area contributed by atoms with Crippen LogP contribution >= 0.6 is 0 Å². The molecule has 0 bridgehead atoms. The third-order valence-corrected chi connectivity index (χ3v) is 4.51. The number of ether oxygens (including phenoxy) is 3. The lowest BCUT2D eigenvalue weighted by molar-refractivity contribution is -0.342. The first kappa shape index (κ1) is 19.9. The molecule has 0 spiro atoms. The molecule has 2 aliphatic heterocycles. The van der Waals surface area contributed by atoms with E-state index in [9.17, 15) is 30.6 Å². The number of hydrogen-bond acceptors (Lipinski definition) is 10. The van der Waals surface area contributed by atoms with Gasteiger partial charge in [0, 0.05) is 0 Å². The summed E-state index contributed by atoms with van der Waals surface area (Å²) in [5.41, 5.74) is 0. The van der Waals surface area contributed by atoms with Crippen LogP contribution in [-0.4, -0.2) is 110 Å². The molecule has 142 valence electrons. The summed E-state index contributed by atoms with van der Waals surface area (Å²) in [7, 11) is 0. The van der Waals surface area contributed by atoms with E-state index in [1.54, 1.807) is 6.92 Å². The molecule has 1 unspecified atom stereocenters. The first-order valence-electron chi connectivity index (χ1n) is 7.94. The number of rotatable bonds is 5. The summed E-state index contributed by atoms with van der Waals surface area (Å²) in [6.07, 6.45) is -12.7. The fourth-order valence-electron chi connectivity index (χ4n) is 3.00. The van der Waals surface area contributed by atoms with Crippen LogP contribution in [0.5, 0.6) is 0 Å². The van der Waals surface area contributed by atoms with Crippen molar-refractivity contribution in [3.63, 3.8) is 0 Å². The molecule has 10 nitrogen and oxygen atoms in total. The summed E-state index contributed by atoms with van der Waals surface area (Å²) in [6.45, 7) is 0.606. The molecule has 0 aromatic carbocycles.